The number of halogens is 3. The Morgan fingerprint density at radius 3 is 2.61 bits per heavy atom. The number of rotatable bonds is 8. The number of hydrogen-bond acceptors (Lipinski definition) is 5. The lowest BCUT2D eigenvalue weighted by atomic mass is 9.99. The van der Waals surface area contributed by atoms with Crippen LogP contribution in [0.1, 0.15) is 60.2 Å². The molecule has 180 valence electrons. The summed E-state index contributed by atoms with van der Waals surface area (Å²) in [6.45, 7) is 5.87. The Kier molecular flexibility index (Phi) is 7.76. The number of fused-ring (bicyclic) bond motifs is 2. The molecular weight excluding hydrogens is 437 g/mol. The number of hydrogen-bond donors (Lipinski definition) is 0. The first-order chi connectivity index (χ1) is 15.6. The van der Waals surface area contributed by atoms with Gasteiger partial charge in [-0.15, -0.1) is 0 Å². The number of esters is 1. The van der Waals surface area contributed by atoms with E-state index in [4.69, 9.17) is 18.9 Å². The molecule has 1 heterocycles. The third-order valence-corrected chi connectivity index (χ3v) is 5.31. The predicted molar refractivity (Wildman–Crippen MR) is 117 cm³/mol. The second-order valence-electron chi connectivity index (χ2n) is 8.56. The monoisotopic (exact) mass is 466 g/mol. The van der Waals surface area contributed by atoms with Crippen molar-refractivity contribution in [3.63, 3.8) is 0 Å². The summed E-state index contributed by atoms with van der Waals surface area (Å²) in [6, 6.07) is 7.04. The van der Waals surface area contributed by atoms with Crippen LogP contribution in [0, 0.1) is 12.8 Å². The molecule has 0 bridgehead atoms. The highest BCUT2D eigenvalue weighted by Crippen LogP contribution is 2.43. The molecule has 0 radical (unpaired) electrons. The molecule has 0 unspecified atom stereocenters. The molecule has 33 heavy (non-hydrogen) atoms. The second-order valence-corrected chi connectivity index (χ2v) is 8.56. The van der Waals surface area contributed by atoms with Crippen LogP contribution < -0.4 is 14.2 Å². The Hall–Kier alpha value is -2.90. The molecule has 2 aromatic rings. The Morgan fingerprint density at radius 1 is 1.18 bits per heavy atom. The van der Waals surface area contributed by atoms with Gasteiger partial charge >= 0.3 is 12.1 Å². The molecule has 1 aliphatic heterocycles. The highest BCUT2D eigenvalue weighted by Gasteiger charge is 2.29. The van der Waals surface area contributed by atoms with E-state index < -0.39 is 18.6 Å². The maximum atomic E-state index is 12.9. The zero-order valence-electron chi connectivity index (χ0n) is 19.3. The Bertz CT molecular complexity index is 999. The normalized spacial score (nSPS) is 13.4. The maximum absolute atomic E-state index is 12.9. The fraction of sp³-hybridized carbons (Fsp3) is 0.480. The summed E-state index contributed by atoms with van der Waals surface area (Å²) in [5.74, 6) is 1.19. The van der Waals surface area contributed by atoms with Crippen LogP contribution in [0.2, 0.25) is 0 Å². The van der Waals surface area contributed by atoms with Crippen LogP contribution in [-0.2, 0) is 17.8 Å². The molecule has 0 aromatic heterocycles. The molecule has 5 nitrogen and oxygen atoms in total. The fourth-order valence-electron chi connectivity index (χ4n) is 3.68. The van der Waals surface area contributed by atoms with Crippen LogP contribution in [0.3, 0.4) is 0 Å². The van der Waals surface area contributed by atoms with Crippen LogP contribution in [0.25, 0.3) is 0 Å². The van der Waals surface area contributed by atoms with Crippen molar-refractivity contribution in [2.75, 3.05) is 13.7 Å². The van der Waals surface area contributed by atoms with Crippen LogP contribution in [-0.4, -0.2) is 25.9 Å². The third-order valence-electron chi connectivity index (χ3n) is 5.31. The van der Waals surface area contributed by atoms with Crippen molar-refractivity contribution < 1.29 is 36.9 Å². The van der Waals surface area contributed by atoms with Gasteiger partial charge in [-0.3, -0.25) is 0 Å². The van der Waals surface area contributed by atoms with Gasteiger partial charge in [0.2, 0.25) is 0 Å². The maximum Gasteiger partial charge on any atom is 0.389 e. The highest BCUT2D eigenvalue weighted by atomic mass is 19.4. The number of carbonyl (C=O) groups is 1. The van der Waals surface area contributed by atoms with Crippen molar-refractivity contribution >= 4 is 5.97 Å². The topological polar surface area (TPSA) is 54.0 Å². The van der Waals surface area contributed by atoms with Crippen molar-refractivity contribution in [2.45, 2.75) is 59.2 Å². The van der Waals surface area contributed by atoms with Gasteiger partial charge in [0, 0.05) is 12.0 Å². The third kappa shape index (κ3) is 6.33. The van der Waals surface area contributed by atoms with E-state index in [0.717, 1.165) is 24.0 Å². The molecule has 8 heteroatoms. The molecule has 0 N–H and O–H groups in total. The molecular formula is C25H29F3O5. The number of carbonyl (C=O) groups excluding carboxylic acids is 1. The van der Waals surface area contributed by atoms with Crippen LogP contribution >= 0.6 is 0 Å². The lowest BCUT2D eigenvalue weighted by molar-refractivity contribution is -0.136. The number of ether oxygens (including phenoxy) is 4. The largest absolute Gasteiger partial charge is 0.495 e. The molecule has 1 aliphatic rings. The van der Waals surface area contributed by atoms with Gasteiger partial charge < -0.3 is 18.9 Å². The standard InChI is InChI=1S/C25H29F3O5/c1-15(2)6-7-17-8-9-19-21(23(17)30-4)24(29)32-14-18-12-16(3)13-20(22(18)33-19)31-11-5-10-25(26,27)28/h8-9,12-13,15H,5-7,10-11,14H2,1-4H3. The average molecular weight is 466 g/mol. The number of methoxy groups -OCH3 is 1. The first-order valence-corrected chi connectivity index (χ1v) is 11.0. The minimum Gasteiger partial charge on any atom is -0.495 e. The van der Waals surface area contributed by atoms with Crippen molar-refractivity contribution in [1.29, 1.82) is 0 Å². The minimum absolute atomic E-state index is 0.0619. The van der Waals surface area contributed by atoms with Crippen molar-refractivity contribution in [3.8, 4) is 23.0 Å². The number of cyclic esters (lactones) is 1. The molecule has 0 saturated heterocycles. The number of aryl methyl sites for hydroxylation is 2. The zero-order valence-corrected chi connectivity index (χ0v) is 19.3. The van der Waals surface area contributed by atoms with Gasteiger partial charge in [-0.2, -0.15) is 13.2 Å². The Balaban J connectivity index is 1.95. The zero-order chi connectivity index (χ0) is 24.2. The minimum atomic E-state index is -4.24. The van der Waals surface area contributed by atoms with Gasteiger partial charge in [0.15, 0.2) is 11.5 Å². The van der Waals surface area contributed by atoms with E-state index in [-0.39, 0.29) is 30.9 Å². The number of benzene rings is 2. The summed E-state index contributed by atoms with van der Waals surface area (Å²) in [6.07, 6.45) is -3.70. The van der Waals surface area contributed by atoms with E-state index in [0.29, 0.717) is 28.7 Å². The lowest BCUT2D eigenvalue weighted by Crippen LogP contribution is -2.15. The molecule has 0 atom stereocenters. The SMILES string of the molecule is COc1c(CCC(C)C)ccc2c1C(=O)OCc1cc(C)cc(OCCCC(F)(F)F)c1O2. The number of alkyl halides is 3. The summed E-state index contributed by atoms with van der Waals surface area (Å²) < 4.78 is 60.4. The van der Waals surface area contributed by atoms with E-state index in [1.54, 1.807) is 18.2 Å². The van der Waals surface area contributed by atoms with Crippen LogP contribution in [0.4, 0.5) is 13.2 Å². The van der Waals surface area contributed by atoms with Gasteiger partial charge in [0.05, 0.1) is 13.7 Å². The van der Waals surface area contributed by atoms with E-state index in [9.17, 15) is 18.0 Å². The Labute approximate surface area is 191 Å². The highest BCUT2D eigenvalue weighted by molar-refractivity contribution is 5.96. The molecule has 0 aliphatic carbocycles. The summed E-state index contributed by atoms with van der Waals surface area (Å²) >= 11 is 0. The molecule has 0 amide bonds. The van der Waals surface area contributed by atoms with Crippen molar-refractivity contribution in [2.24, 2.45) is 5.92 Å². The van der Waals surface area contributed by atoms with Gasteiger partial charge in [0.1, 0.15) is 23.7 Å². The second kappa shape index (κ2) is 10.4. The quantitative estimate of drug-likeness (QED) is 0.317. The van der Waals surface area contributed by atoms with Crippen LogP contribution in [0.15, 0.2) is 24.3 Å². The van der Waals surface area contributed by atoms with E-state index >= 15 is 0 Å². The lowest BCUT2D eigenvalue weighted by Gasteiger charge is -2.23. The van der Waals surface area contributed by atoms with Gasteiger partial charge in [-0.25, -0.2) is 4.79 Å². The smallest absolute Gasteiger partial charge is 0.389 e. The molecule has 0 fully saturated rings. The van der Waals surface area contributed by atoms with Crippen molar-refractivity contribution in [3.05, 3.63) is 46.5 Å². The van der Waals surface area contributed by atoms with Gasteiger partial charge in [0.25, 0.3) is 0 Å². The molecule has 2 aromatic carbocycles. The molecule has 3 rings (SSSR count). The first-order valence-electron chi connectivity index (χ1n) is 11.0. The van der Waals surface area contributed by atoms with E-state index in [2.05, 4.69) is 13.8 Å². The summed E-state index contributed by atoms with van der Waals surface area (Å²) in [5, 5.41) is 0. The summed E-state index contributed by atoms with van der Waals surface area (Å²) in [7, 11) is 1.49. The fourth-order valence-corrected chi connectivity index (χ4v) is 3.68. The predicted octanol–water partition coefficient (Wildman–Crippen LogP) is 6.78. The molecule has 0 spiro atoms. The van der Waals surface area contributed by atoms with Crippen LogP contribution in [0.5, 0.6) is 23.0 Å². The Morgan fingerprint density at radius 2 is 1.94 bits per heavy atom. The summed E-state index contributed by atoms with van der Waals surface area (Å²) in [5.41, 5.74) is 2.44. The molecule has 0 saturated carbocycles. The summed E-state index contributed by atoms with van der Waals surface area (Å²) in [4.78, 5) is 12.9. The first kappa shape index (κ1) is 24.7. The van der Waals surface area contributed by atoms with Gasteiger partial charge in [-0.1, -0.05) is 19.9 Å². The average Bonchev–Trinajstić information content (AvgIpc) is 2.73. The van der Waals surface area contributed by atoms with Crippen molar-refractivity contribution in [1.82, 2.24) is 0 Å². The van der Waals surface area contributed by atoms with E-state index in [1.807, 2.05) is 13.0 Å². The van der Waals surface area contributed by atoms with E-state index in [1.165, 1.54) is 7.11 Å². The van der Waals surface area contributed by atoms with Gasteiger partial charge in [-0.05, 0) is 61.4 Å².